The van der Waals surface area contributed by atoms with Gasteiger partial charge in [-0.15, -0.1) is 0 Å². The smallest absolute Gasteiger partial charge is 0.252 e. The van der Waals surface area contributed by atoms with E-state index >= 15 is 0 Å². The summed E-state index contributed by atoms with van der Waals surface area (Å²) in [5.41, 5.74) is 2.75. The summed E-state index contributed by atoms with van der Waals surface area (Å²) < 4.78 is 5.20. The molecule has 144 valence electrons. The fraction of sp³-hybridized carbons (Fsp3) is 0.227. The minimum absolute atomic E-state index is 0.0211. The quantitative estimate of drug-likeness (QED) is 0.691. The number of carbonyl (C=O) groups is 2. The molecule has 2 aromatic carbocycles. The molecule has 3 rings (SSSR count). The number of para-hydroxylation sites is 1. The predicted octanol–water partition coefficient (Wildman–Crippen LogP) is 3.16. The fourth-order valence-electron chi connectivity index (χ4n) is 2.90. The number of carbonyl (C=O) groups excluding carboxylic acids is 2. The van der Waals surface area contributed by atoms with E-state index < -0.39 is 0 Å². The molecule has 0 saturated carbocycles. The van der Waals surface area contributed by atoms with Gasteiger partial charge in [-0.1, -0.05) is 18.2 Å². The number of benzene rings is 2. The number of ether oxygens (including phenoxy) is 1. The summed E-state index contributed by atoms with van der Waals surface area (Å²) in [5, 5.41) is 6.19. The maximum Gasteiger partial charge on any atom is 0.252 e. The molecule has 0 spiro atoms. The van der Waals surface area contributed by atoms with E-state index in [4.69, 9.17) is 4.74 Å². The second-order valence-corrected chi connectivity index (χ2v) is 6.71. The molecule has 1 aromatic heterocycles. The normalized spacial score (nSPS) is 10.7. The van der Waals surface area contributed by atoms with Gasteiger partial charge in [0, 0.05) is 17.0 Å². The maximum atomic E-state index is 12.8. The highest BCUT2D eigenvalue weighted by Gasteiger charge is 2.15. The van der Waals surface area contributed by atoms with Crippen LogP contribution in [0.2, 0.25) is 0 Å². The van der Waals surface area contributed by atoms with E-state index in [1.54, 1.807) is 13.2 Å². The Morgan fingerprint density at radius 1 is 1.07 bits per heavy atom. The van der Waals surface area contributed by atoms with Crippen molar-refractivity contribution in [3.05, 3.63) is 60.2 Å². The summed E-state index contributed by atoms with van der Waals surface area (Å²) in [6, 6.07) is 16.7. The van der Waals surface area contributed by atoms with Crippen molar-refractivity contribution in [2.75, 3.05) is 13.7 Å². The van der Waals surface area contributed by atoms with Crippen LogP contribution in [0.4, 0.5) is 0 Å². The third kappa shape index (κ3) is 4.46. The largest absolute Gasteiger partial charge is 0.497 e. The van der Waals surface area contributed by atoms with Gasteiger partial charge in [-0.25, -0.2) is 4.98 Å². The predicted molar refractivity (Wildman–Crippen MR) is 109 cm³/mol. The van der Waals surface area contributed by atoms with Crippen LogP contribution in [0.5, 0.6) is 5.75 Å². The Hall–Kier alpha value is -3.41. The molecule has 6 nitrogen and oxygen atoms in total. The maximum absolute atomic E-state index is 12.8. The lowest BCUT2D eigenvalue weighted by atomic mass is 10.0. The number of hydrogen-bond donors (Lipinski definition) is 2. The monoisotopic (exact) mass is 377 g/mol. The first-order valence-corrected chi connectivity index (χ1v) is 9.09. The van der Waals surface area contributed by atoms with Crippen molar-refractivity contribution in [2.24, 2.45) is 0 Å². The molecule has 0 aliphatic heterocycles. The molecule has 0 saturated heterocycles. The van der Waals surface area contributed by atoms with Crippen LogP contribution in [-0.2, 0) is 4.79 Å². The molecule has 2 amide bonds. The van der Waals surface area contributed by atoms with Crippen LogP contribution in [0, 0.1) is 0 Å². The number of aromatic nitrogens is 1. The van der Waals surface area contributed by atoms with E-state index in [0.29, 0.717) is 16.8 Å². The van der Waals surface area contributed by atoms with Crippen molar-refractivity contribution < 1.29 is 14.3 Å². The van der Waals surface area contributed by atoms with Gasteiger partial charge in [0.2, 0.25) is 5.91 Å². The minimum atomic E-state index is -0.313. The molecule has 0 bridgehead atoms. The number of nitrogens with one attached hydrogen (secondary N) is 2. The van der Waals surface area contributed by atoms with Crippen LogP contribution in [0.1, 0.15) is 24.2 Å². The molecule has 0 atom stereocenters. The number of rotatable bonds is 6. The van der Waals surface area contributed by atoms with E-state index in [1.807, 2.05) is 62.4 Å². The zero-order valence-corrected chi connectivity index (χ0v) is 16.2. The van der Waals surface area contributed by atoms with E-state index in [1.165, 1.54) is 0 Å². The Balaban J connectivity index is 1.93. The van der Waals surface area contributed by atoms with Crippen molar-refractivity contribution in [3.63, 3.8) is 0 Å². The number of fused-ring (bicyclic) bond motifs is 1. The Bertz CT molecular complexity index is 998. The zero-order valence-electron chi connectivity index (χ0n) is 16.2. The summed E-state index contributed by atoms with van der Waals surface area (Å²) in [6.45, 7) is 3.67. The van der Waals surface area contributed by atoms with E-state index in [2.05, 4.69) is 15.6 Å². The van der Waals surface area contributed by atoms with Crippen LogP contribution < -0.4 is 15.4 Å². The van der Waals surface area contributed by atoms with Gasteiger partial charge in [-0.2, -0.15) is 0 Å². The minimum Gasteiger partial charge on any atom is -0.497 e. The second kappa shape index (κ2) is 8.52. The molecule has 28 heavy (non-hydrogen) atoms. The van der Waals surface area contributed by atoms with E-state index in [9.17, 15) is 9.59 Å². The molecule has 3 aromatic rings. The first-order chi connectivity index (χ1) is 13.5. The summed E-state index contributed by atoms with van der Waals surface area (Å²) in [4.78, 5) is 29.3. The average molecular weight is 377 g/mol. The molecule has 1 heterocycles. The molecule has 0 radical (unpaired) electrons. The van der Waals surface area contributed by atoms with Crippen LogP contribution >= 0.6 is 0 Å². The zero-order chi connectivity index (χ0) is 20.1. The highest BCUT2D eigenvalue weighted by molar-refractivity contribution is 6.08. The van der Waals surface area contributed by atoms with Crippen molar-refractivity contribution >= 4 is 22.7 Å². The topological polar surface area (TPSA) is 80.3 Å². The molecule has 0 fully saturated rings. The molecule has 0 aliphatic rings. The Morgan fingerprint density at radius 3 is 2.46 bits per heavy atom. The standard InChI is InChI=1S/C22H23N3O3/c1-14(2)24-21(26)13-23-22(27)18-12-20(15-8-10-16(28-3)11-9-15)25-19-7-5-4-6-17(18)19/h4-12,14H,13H2,1-3H3,(H,23,27)(H,24,26). The number of pyridine rings is 1. The molecule has 6 heteroatoms. The van der Waals surface area contributed by atoms with Gasteiger partial charge in [0.25, 0.3) is 5.91 Å². The summed E-state index contributed by atoms with van der Waals surface area (Å²) in [5.74, 6) is 0.211. The molecule has 2 N–H and O–H groups in total. The Morgan fingerprint density at radius 2 is 1.79 bits per heavy atom. The van der Waals surface area contributed by atoms with Crippen LogP contribution in [0.15, 0.2) is 54.6 Å². The lowest BCUT2D eigenvalue weighted by Crippen LogP contribution is -2.39. The molecule has 0 aliphatic carbocycles. The Labute approximate surface area is 163 Å². The lowest BCUT2D eigenvalue weighted by Gasteiger charge is -2.12. The van der Waals surface area contributed by atoms with Crippen molar-refractivity contribution in [1.82, 2.24) is 15.6 Å². The third-order valence-electron chi connectivity index (χ3n) is 4.21. The SMILES string of the molecule is COc1ccc(-c2cc(C(=O)NCC(=O)NC(C)C)c3ccccc3n2)cc1. The van der Waals surface area contributed by atoms with Crippen LogP contribution in [0.25, 0.3) is 22.2 Å². The van der Waals surface area contributed by atoms with Crippen molar-refractivity contribution in [3.8, 4) is 17.0 Å². The van der Waals surface area contributed by atoms with Gasteiger partial charge < -0.3 is 15.4 Å². The van der Waals surface area contributed by atoms with Crippen molar-refractivity contribution in [2.45, 2.75) is 19.9 Å². The van der Waals surface area contributed by atoms with Crippen molar-refractivity contribution in [1.29, 1.82) is 0 Å². The highest BCUT2D eigenvalue weighted by atomic mass is 16.5. The van der Waals surface area contributed by atoms with Gasteiger partial charge in [-0.3, -0.25) is 9.59 Å². The molecular formula is C22H23N3O3. The number of amides is 2. The fourth-order valence-corrected chi connectivity index (χ4v) is 2.90. The molecular weight excluding hydrogens is 354 g/mol. The first kappa shape index (κ1) is 19.4. The van der Waals surface area contributed by atoms with Gasteiger partial charge >= 0.3 is 0 Å². The van der Waals surface area contributed by atoms with Gasteiger partial charge in [0.1, 0.15) is 5.75 Å². The van der Waals surface area contributed by atoms with E-state index in [-0.39, 0.29) is 24.4 Å². The first-order valence-electron chi connectivity index (χ1n) is 9.09. The lowest BCUT2D eigenvalue weighted by molar-refractivity contribution is -0.120. The van der Waals surface area contributed by atoms with E-state index in [0.717, 1.165) is 16.7 Å². The number of methoxy groups -OCH3 is 1. The number of nitrogens with zero attached hydrogens (tertiary/aromatic N) is 1. The number of hydrogen-bond acceptors (Lipinski definition) is 4. The average Bonchev–Trinajstić information content (AvgIpc) is 2.70. The van der Waals surface area contributed by atoms with Gasteiger partial charge in [0.15, 0.2) is 0 Å². The Kier molecular flexibility index (Phi) is 5.89. The highest BCUT2D eigenvalue weighted by Crippen LogP contribution is 2.26. The second-order valence-electron chi connectivity index (χ2n) is 6.71. The molecule has 0 unspecified atom stereocenters. The van der Waals surface area contributed by atoms with Crippen LogP contribution in [-0.4, -0.2) is 36.5 Å². The summed E-state index contributed by atoms with van der Waals surface area (Å²) in [6.07, 6.45) is 0. The van der Waals surface area contributed by atoms with Crippen LogP contribution in [0.3, 0.4) is 0 Å². The third-order valence-corrected chi connectivity index (χ3v) is 4.21. The van der Waals surface area contributed by atoms with Gasteiger partial charge in [-0.05, 0) is 50.2 Å². The summed E-state index contributed by atoms with van der Waals surface area (Å²) >= 11 is 0. The van der Waals surface area contributed by atoms with Gasteiger partial charge in [0.05, 0.1) is 30.4 Å². The summed E-state index contributed by atoms with van der Waals surface area (Å²) in [7, 11) is 1.61.